The van der Waals surface area contributed by atoms with Crippen LogP contribution in [0.4, 0.5) is 11.4 Å². The minimum absolute atomic E-state index is 0.0260. The van der Waals surface area contributed by atoms with Gasteiger partial charge < -0.3 is 19.7 Å². The zero-order chi connectivity index (χ0) is 16.3. The molecule has 1 aromatic carbocycles. The second-order valence-electron chi connectivity index (χ2n) is 5.23. The van der Waals surface area contributed by atoms with E-state index in [-0.39, 0.29) is 17.9 Å². The Hall–Kier alpha value is -1.93. The molecule has 7 nitrogen and oxygen atoms in total. The summed E-state index contributed by atoms with van der Waals surface area (Å²) in [6, 6.07) is 4.38. The molecule has 0 amide bonds. The van der Waals surface area contributed by atoms with Gasteiger partial charge in [-0.05, 0) is 32.1 Å². The summed E-state index contributed by atoms with van der Waals surface area (Å²) in [6.07, 6.45) is 0.199. The molecule has 8 heteroatoms. The molecule has 0 spiro atoms. The number of nitro benzene ring substituents is 1. The van der Waals surface area contributed by atoms with Crippen molar-refractivity contribution in [3.05, 3.63) is 28.3 Å². The van der Waals surface area contributed by atoms with Crippen molar-refractivity contribution < 1.29 is 14.4 Å². The molecule has 2 atom stereocenters. The molecule has 0 saturated carbocycles. The zero-order valence-electron chi connectivity index (χ0n) is 12.7. The van der Waals surface area contributed by atoms with E-state index in [1.54, 1.807) is 6.07 Å². The highest BCUT2D eigenvalue weighted by molar-refractivity contribution is 7.80. The van der Waals surface area contributed by atoms with Crippen LogP contribution >= 0.6 is 12.2 Å². The van der Waals surface area contributed by atoms with Gasteiger partial charge >= 0.3 is 0 Å². The largest absolute Gasteiger partial charge is 0.494 e. The van der Waals surface area contributed by atoms with Gasteiger partial charge in [-0.2, -0.15) is 0 Å². The number of benzene rings is 1. The number of ether oxygens (including phenoxy) is 2. The second kappa shape index (κ2) is 6.89. The lowest BCUT2D eigenvalue weighted by Crippen LogP contribution is -2.49. The van der Waals surface area contributed by atoms with Gasteiger partial charge in [-0.25, -0.2) is 0 Å². The van der Waals surface area contributed by atoms with E-state index in [1.807, 2.05) is 18.7 Å². The summed E-state index contributed by atoms with van der Waals surface area (Å²) in [7, 11) is 1.46. The predicted molar refractivity (Wildman–Crippen MR) is 87.5 cm³/mol. The van der Waals surface area contributed by atoms with E-state index in [0.717, 1.165) is 0 Å². The third-order valence-electron chi connectivity index (χ3n) is 3.34. The van der Waals surface area contributed by atoms with Gasteiger partial charge in [-0.15, -0.1) is 0 Å². The molecule has 120 valence electrons. The Kier molecular flexibility index (Phi) is 5.15. The maximum absolute atomic E-state index is 10.8. The summed E-state index contributed by atoms with van der Waals surface area (Å²) in [5.41, 5.74) is 0.576. The summed E-state index contributed by atoms with van der Waals surface area (Å²) in [5, 5.41) is 14.4. The molecule has 0 radical (unpaired) electrons. The maximum atomic E-state index is 10.8. The third kappa shape index (κ3) is 3.83. The van der Waals surface area contributed by atoms with Gasteiger partial charge in [-0.3, -0.25) is 10.1 Å². The first-order valence-electron chi connectivity index (χ1n) is 6.94. The number of nitrogens with one attached hydrogen (secondary N) is 1. The first-order valence-corrected chi connectivity index (χ1v) is 7.35. The van der Waals surface area contributed by atoms with Crippen molar-refractivity contribution in [2.24, 2.45) is 0 Å². The molecule has 1 aliphatic heterocycles. The van der Waals surface area contributed by atoms with E-state index < -0.39 is 4.92 Å². The third-order valence-corrected chi connectivity index (χ3v) is 3.70. The van der Waals surface area contributed by atoms with Crippen LogP contribution in [0, 0.1) is 10.1 Å². The molecule has 1 aliphatic rings. The summed E-state index contributed by atoms with van der Waals surface area (Å²) >= 11 is 5.42. The molecule has 22 heavy (non-hydrogen) atoms. The highest BCUT2D eigenvalue weighted by atomic mass is 32.1. The topological polar surface area (TPSA) is 76.9 Å². The average molecular weight is 325 g/mol. The van der Waals surface area contributed by atoms with Crippen LogP contribution in [0.1, 0.15) is 13.8 Å². The fourth-order valence-corrected chi connectivity index (χ4v) is 2.69. The SMILES string of the molecule is COc1cc([N+](=O)[O-])ccc1NC(=S)N1CC(C)OC(C)C1. The van der Waals surface area contributed by atoms with E-state index in [1.165, 1.54) is 19.2 Å². The summed E-state index contributed by atoms with van der Waals surface area (Å²) in [5.74, 6) is 0.380. The van der Waals surface area contributed by atoms with Crippen molar-refractivity contribution in [2.45, 2.75) is 26.1 Å². The lowest BCUT2D eigenvalue weighted by Gasteiger charge is -2.37. The summed E-state index contributed by atoms with van der Waals surface area (Å²) in [6.45, 7) is 5.40. The summed E-state index contributed by atoms with van der Waals surface area (Å²) < 4.78 is 10.9. The van der Waals surface area contributed by atoms with E-state index in [0.29, 0.717) is 29.6 Å². The average Bonchev–Trinajstić information content (AvgIpc) is 2.46. The smallest absolute Gasteiger partial charge is 0.273 e. The van der Waals surface area contributed by atoms with E-state index in [4.69, 9.17) is 21.7 Å². The van der Waals surface area contributed by atoms with Crippen molar-refractivity contribution in [1.82, 2.24) is 4.90 Å². The number of methoxy groups -OCH3 is 1. The number of thiocarbonyl (C=S) groups is 1. The minimum atomic E-state index is -0.462. The predicted octanol–water partition coefficient (Wildman–Crippen LogP) is 2.41. The molecule has 1 N–H and O–H groups in total. The lowest BCUT2D eigenvalue weighted by molar-refractivity contribution is -0.384. The van der Waals surface area contributed by atoms with E-state index >= 15 is 0 Å². The Morgan fingerprint density at radius 3 is 2.64 bits per heavy atom. The quantitative estimate of drug-likeness (QED) is 0.519. The van der Waals surface area contributed by atoms with Crippen LogP contribution in [0.25, 0.3) is 0 Å². The second-order valence-corrected chi connectivity index (χ2v) is 5.62. The number of nitrogens with zero attached hydrogens (tertiary/aromatic N) is 2. The number of non-ortho nitro benzene ring substituents is 1. The standard InChI is InChI=1S/C14H19N3O4S/c1-9-7-16(8-10(2)21-9)14(22)15-12-5-4-11(17(18)19)6-13(12)20-3/h4-6,9-10H,7-8H2,1-3H3,(H,15,22). The summed E-state index contributed by atoms with van der Waals surface area (Å²) in [4.78, 5) is 12.4. The number of morpholine rings is 1. The first-order chi connectivity index (χ1) is 10.4. The Morgan fingerprint density at radius 1 is 1.45 bits per heavy atom. The van der Waals surface area contributed by atoms with Crippen molar-refractivity contribution in [3.8, 4) is 5.75 Å². The van der Waals surface area contributed by atoms with Crippen LogP contribution < -0.4 is 10.1 Å². The molecule has 1 saturated heterocycles. The van der Waals surface area contributed by atoms with Crippen LogP contribution in [0.2, 0.25) is 0 Å². The van der Waals surface area contributed by atoms with E-state index in [9.17, 15) is 10.1 Å². The highest BCUT2D eigenvalue weighted by Gasteiger charge is 2.24. The van der Waals surface area contributed by atoms with Crippen molar-refractivity contribution >= 4 is 28.7 Å². The molecule has 1 fully saturated rings. The number of hydrogen-bond acceptors (Lipinski definition) is 5. The molecule has 2 rings (SSSR count). The van der Waals surface area contributed by atoms with Gasteiger partial charge in [0.05, 0.1) is 36.0 Å². The minimum Gasteiger partial charge on any atom is -0.494 e. The van der Waals surface area contributed by atoms with Gasteiger partial charge in [-0.1, -0.05) is 0 Å². The first kappa shape index (κ1) is 16.4. The van der Waals surface area contributed by atoms with Crippen molar-refractivity contribution in [3.63, 3.8) is 0 Å². The number of nitro groups is 1. The van der Waals surface area contributed by atoms with Crippen LogP contribution in [0.5, 0.6) is 5.75 Å². The molecular formula is C14H19N3O4S. The van der Waals surface area contributed by atoms with Gasteiger partial charge in [0.15, 0.2) is 5.11 Å². The van der Waals surface area contributed by atoms with Gasteiger partial charge in [0.25, 0.3) is 5.69 Å². The molecular weight excluding hydrogens is 306 g/mol. The molecule has 1 aromatic rings. The van der Waals surface area contributed by atoms with Gasteiger partial charge in [0, 0.05) is 19.2 Å². The molecule has 0 aliphatic carbocycles. The monoisotopic (exact) mass is 325 g/mol. The van der Waals surface area contributed by atoms with E-state index in [2.05, 4.69) is 5.32 Å². The number of anilines is 1. The number of hydrogen-bond donors (Lipinski definition) is 1. The Balaban J connectivity index is 2.12. The Labute approximate surface area is 134 Å². The van der Waals surface area contributed by atoms with Crippen LogP contribution in [0.15, 0.2) is 18.2 Å². The molecule has 0 bridgehead atoms. The normalized spacial score (nSPS) is 21.3. The fraction of sp³-hybridized carbons (Fsp3) is 0.500. The lowest BCUT2D eigenvalue weighted by atomic mass is 10.2. The van der Waals surface area contributed by atoms with Crippen LogP contribution in [-0.4, -0.2) is 47.3 Å². The van der Waals surface area contributed by atoms with Gasteiger partial charge in [0.2, 0.25) is 0 Å². The van der Waals surface area contributed by atoms with Gasteiger partial charge in [0.1, 0.15) is 5.75 Å². The molecule has 1 heterocycles. The zero-order valence-corrected chi connectivity index (χ0v) is 13.6. The molecule has 0 aromatic heterocycles. The van der Waals surface area contributed by atoms with Crippen molar-refractivity contribution in [2.75, 3.05) is 25.5 Å². The highest BCUT2D eigenvalue weighted by Crippen LogP contribution is 2.29. The maximum Gasteiger partial charge on any atom is 0.273 e. The van der Waals surface area contributed by atoms with Crippen LogP contribution in [-0.2, 0) is 4.74 Å². The number of rotatable bonds is 3. The van der Waals surface area contributed by atoms with Crippen LogP contribution in [0.3, 0.4) is 0 Å². The fourth-order valence-electron chi connectivity index (χ4n) is 2.43. The molecule has 2 unspecified atom stereocenters. The Bertz CT molecular complexity index is 571. The Morgan fingerprint density at radius 2 is 2.09 bits per heavy atom. The van der Waals surface area contributed by atoms with Crippen molar-refractivity contribution in [1.29, 1.82) is 0 Å².